The van der Waals surface area contributed by atoms with E-state index in [-0.39, 0.29) is 6.61 Å². The number of hydrogen-bond acceptors (Lipinski definition) is 5. The molecule has 0 aromatic heterocycles. The Morgan fingerprint density at radius 3 is 2.53 bits per heavy atom. The summed E-state index contributed by atoms with van der Waals surface area (Å²) in [5.41, 5.74) is 4.90. The van der Waals surface area contributed by atoms with E-state index >= 15 is 0 Å². The van der Waals surface area contributed by atoms with Gasteiger partial charge in [0.05, 0.1) is 6.21 Å². The average Bonchev–Trinajstić information content (AvgIpc) is 2.80. The molecular weight excluding hydrogens is 472 g/mol. The molecule has 7 heteroatoms. The largest absolute Gasteiger partial charge is 0.484 e. The maximum atomic E-state index is 12.2. The van der Waals surface area contributed by atoms with E-state index in [1.165, 1.54) is 12.3 Å². The second kappa shape index (κ2) is 11.6. The van der Waals surface area contributed by atoms with Crippen molar-refractivity contribution in [1.82, 2.24) is 5.43 Å². The first kappa shape index (κ1) is 23.0. The van der Waals surface area contributed by atoms with Crippen molar-refractivity contribution in [2.45, 2.75) is 6.92 Å². The van der Waals surface area contributed by atoms with Crippen molar-refractivity contribution < 1.29 is 19.1 Å². The van der Waals surface area contributed by atoms with Crippen LogP contribution in [0.1, 0.15) is 16.7 Å². The Hall–Kier alpha value is -3.71. The van der Waals surface area contributed by atoms with Crippen molar-refractivity contribution in [3.8, 4) is 11.5 Å². The standard InChI is InChI=1S/C25H21BrN2O4/c1-18-7-11-22(12-8-18)31-17-24(29)28-27-16-20-15-21(26)10-13-23(20)32-25(30)14-9-19-5-3-2-4-6-19/h2-16H,17H2,1H3,(H,28,29). The molecule has 0 atom stereocenters. The number of amides is 1. The van der Waals surface area contributed by atoms with Gasteiger partial charge in [-0.15, -0.1) is 0 Å². The zero-order valence-electron chi connectivity index (χ0n) is 17.3. The van der Waals surface area contributed by atoms with Crippen molar-refractivity contribution in [2.24, 2.45) is 5.10 Å². The van der Waals surface area contributed by atoms with Crippen LogP contribution in [-0.2, 0) is 9.59 Å². The molecule has 0 fully saturated rings. The molecular formula is C25H21BrN2O4. The average molecular weight is 493 g/mol. The van der Waals surface area contributed by atoms with Gasteiger partial charge in [0.1, 0.15) is 11.5 Å². The number of hydrogen-bond donors (Lipinski definition) is 1. The third-order valence-electron chi connectivity index (χ3n) is 4.18. The number of halogens is 1. The van der Waals surface area contributed by atoms with Crippen molar-refractivity contribution in [3.63, 3.8) is 0 Å². The molecule has 0 aliphatic heterocycles. The Kier molecular flexibility index (Phi) is 8.34. The summed E-state index contributed by atoms with van der Waals surface area (Å²) in [6.45, 7) is 1.79. The molecule has 3 aromatic rings. The number of benzene rings is 3. The molecule has 3 rings (SSSR count). The number of carbonyl (C=O) groups excluding carboxylic acids is 2. The molecule has 1 amide bonds. The molecule has 0 saturated carbocycles. The number of rotatable bonds is 8. The fraction of sp³-hybridized carbons (Fsp3) is 0.0800. The Balaban J connectivity index is 1.57. The molecule has 0 heterocycles. The first-order valence-electron chi connectivity index (χ1n) is 9.75. The van der Waals surface area contributed by atoms with Gasteiger partial charge in [0.15, 0.2) is 6.61 Å². The molecule has 0 bridgehead atoms. The zero-order valence-corrected chi connectivity index (χ0v) is 18.9. The summed E-state index contributed by atoms with van der Waals surface area (Å²) in [5.74, 6) is -0.0354. The highest BCUT2D eigenvalue weighted by molar-refractivity contribution is 9.10. The summed E-state index contributed by atoms with van der Waals surface area (Å²) in [4.78, 5) is 24.2. The number of aryl methyl sites for hydroxylation is 1. The molecule has 0 spiro atoms. The minimum atomic E-state index is -0.527. The maximum Gasteiger partial charge on any atom is 0.336 e. The van der Waals surface area contributed by atoms with E-state index in [1.54, 1.807) is 36.4 Å². The number of esters is 1. The molecule has 0 aliphatic rings. The van der Waals surface area contributed by atoms with Crippen molar-refractivity contribution in [2.75, 3.05) is 6.61 Å². The fourth-order valence-corrected chi connectivity index (χ4v) is 2.95. The van der Waals surface area contributed by atoms with Crippen LogP contribution in [0, 0.1) is 6.92 Å². The lowest BCUT2D eigenvalue weighted by Gasteiger charge is -2.07. The number of hydrazone groups is 1. The predicted molar refractivity (Wildman–Crippen MR) is 128 cm³/mol. The molecule has 0 unspecified atom stereocenters. The van der Waals surface area contributed by atoms with E-state index < -0.39 is 11.9 Å². The van der Waals surface area contributed by atoms with Gasteiger partial charge in [0.25, 0.3) is 5.91 Å². The lowest BCUT2D eigenvalue weighted by molar-refractivity contribution is -0.129. The van der Waals surface area contributed by atoms with Gasteiger partial charge in [-0.1, -0.05) is 64.0 Å². The molecule has 1 N–H and O–H groups in total. The SMILES string of the molecule is Cc1ccc(OCC(=O)NN=Cc2cc(Br)ccc2OC(=O)C=Cc2ccccc2)cc1. The van der Waals surface area contributed by atoms with E-state index in [1.807, 2.05) is 49.4 Å². The summed E-state index contributed by atoms with van der Waals surface area (Å²) in [5, 5.41) is 3.94. The molecule has 6 nitrogen and oxygen atoms in total. The Morgan fingerprint density at radius 1 is 1.03 bits per heavy atom. The minimum absolute atomic E-state index is 0.176. The highest BCUT2D eigenvalue weighted by atomic mass is 79.9. The van der Waals surface area contributed by atoms with Crippen LogP contribution < -0.4 is 14.9 Å². The van der Waals surface area contributed by atoms with Crippen LogP contribution in [-0.4, -0.2) is 24.7 Å². The highest BCUT2D eigenvalue weighted by Gasteiger charge is 2.08. The number of carbonyl (C=O) groups is 2. The van der Waals surface area contributed by atoms with E-state index in [0.29, 0.717) is 17.1 Å². The molecule has 0 aliphatic carbocycles. The predicted octanol–water partition coefficient (Wildman–Crippen LogP) is 4.91. The van der Waals surface area contributed by atoms with Gasteiger partial charge in [-0.25, -0.2) is 10.2 Å². The van der Waals surface area contributed by atoms with Crippen LogP contribution in [0.4, 0.5) is 0 Å². The topological polar surface area (TPSA) is 77.0 Å². The van der Waals surface area contributed by atoms with Crippen LogP contribution in [0.3, 0.4) is 0 Å². The van der Waals surface area contributed by atoms with Gasteiger partial charge in [-0.3, -0.25) is 4.79 Å². The van der Waals surface area contributed by atoms with Crippen LogP contribution in [0.25, 0.3) is 6.08 Å². The zero-order chi connectivity index (χ0) is 22.8. The van der Waals surface area contributed by atoms with Crippen LogP contribution in [0.5, 0.6) is 11.5 Å². The van der Waals surface area contributed by atoms with E-state index in [9.17, 15) is 9.59 Å². The van der Waals surface area contributed by atoms with Crippen molar-refractivity contribution in [1.29, 1.82) is 0 Å². The number of ether oxygens (including phenoxy) is 2. The lowest BCUT2D eigenvalue weighted by atomic mass is 10.2. The molecule has 0 saturated heterocycles. The quantitative estimate of drug-likeness (QED) is 0.159. The van der Waals surface area contributed by atoms with Crippen molar-refractivity contribution >= 4 is 40.1 Å². The summed E-state index contributed by atoms with van der Waals surface area (Å²) in [6, 6.07) is 21.9. The van der Waals surface area contributed by atoms with Gasteiger partial charge < -0.3 is 9.47 Å². The highest BCUT2D eigenvalue weighted by Crippen LogP contribution is 2.22. The van der Waals surface area contributed by atoms with Gasteiger partial charge in [-0.05, 0) is 48.9 Å². The molecule has 3 aromatic carbocycles. The molecule has 32 heavy (non-hydrogen) atoms. The van der Waals surface area contributed by atoms with E-state index in [2.05, 4.69) is 26.5 Å². The number of nitrogens with zero attached hydrogens (tertiary/aromatic N) is 1. The van der Waals surface area contributed by atoms with Crippen molar-refractivity contribution in [3.05, 3.63) is 100 Å². The Bertz CT molecular complexity index is 1130. The normalized spacial score (nSPS) is 10.9. The lowest BCUT2D eigenvalue weighted by Crippen LogP contribution is -2.24. The van der Waals surface area contributed by atoms with Gasteiger partial charge >= 0.3 is 5.97 Å². The Labute approximate surface area is 194 Å². The smallest absolute Gasteiger partial charge is 0.336 e. The fourth-order valence-electron chi connectivity index (χ4n) is 2.57. The molecule has 162 valence electrons. The molecule has 0 radical (unpaired) electrons. The second-order valence-electron chi connectivity index (χ2n) is 6.74. The first-order chi connectivity index (χ1) is 15.5. The van der Waals surface area contributed by atoms with E-state index in [0.717, 1.165) is 15.6 Å². The van der Waals surface area contributed by atoms with Crippen LogP contribution in [0.15, 0.2) is 88.4 Å². The summed E-state index contributed by atoms with van der Waals surface area (Å²) >= 11 is 3.38. The number of nitrogens with one attached hydrogen (secondary N) is 1. The summed E-state index contributed by atoms with van der Waals surface area (Å²) < 4.78 is 11.6. The van der Waals surface area contributed by atoms with Gasteiger partial charge in [0, 0.05) is 16.1 Å². The Morgan fingerprint density at radius 2 is 1.78 bits per heavy atom. The van der Waals surface area contributed by atoms with Gasteiger partial charge in [0.2, 0.25) is 0 Å². The van der Waals surface area contributed by atoms with Crippen LogP contribution in [0.2, 0.25) is 0 Å². The third kappa shape index (κ3) is 7.52. The monoisotopic (exact) mass is 492 g/mol. The van der Waals surface area contributed by atoms with Crippen LogP contribution >= 0.6 is 15.9 Å². The minimum Gasteiger partial charge on any atom is -0.484 e. The summed E-state index contributed by atoms with van der Waals surface area (Å²) in [7, 11) is 0. The van der Waals surface area contributed by atoms with E-state index in [4.69, 9.17) is 9.47 Å². The van der Waals surface area contributed by atoms with Gasteiger partial charge in [-0.2, -0.15) is 5.10 Å². The maximum absolute atomic E-state index is 12.2. The summed E-state index contributed by atoms with van der Waals surface area (Å²) in [6.07, 6.45) is 4.42. The first-order valence-corrected chi connectivity index (χ1v) is 10.5. The third-order valence-corrected chi connectivity index (χ3v) is 4.67. The second-order valence-corrected chi connectivity index (χ2v) is 7.66.